The van der Waals surface area contributed by atoms with Gasteiger partial charge < -0.3 is 10.1 Å². The molecule has 0 aliphatic heterocycles. The number of ether oxygens (including phenoxy) is 1. The molecule has 7 heteroatoms. The minimum absolute atomic E-state index is 0.0238. The molecule has 1 N–H and O–H groups in total. The Hall–Kier alpha value is -2.47. The molecule has 0 aliphatic rings. The molecule has 0 aliphatic carbocycles. The summed E-state index contributed by atoms with van der Waals surface area (Å²) in [4.78, 5) is 28.4. The lowest BCUT2D eigenvalue weighted by atomic mass is 10.1. The van der Waals surface area contributed by atoms with Crippen LogP contribution in [-0.4, -0.2) is 23.0 Å². The van der Waals surface area contributed by atoms with E-state index in [1.807, 2.05) is 0 Å². The number of aromatic nitrogens is 1. The monoisotopic (exact) mass is 364 g/mol. The van der Waals surface area contributed by atoms with E-state index in [2.05, 4.69) is 10.3 Å². The normalized spacial score (nSPS) is 11.8. The fraction of sp³-hybridized carbons (Fsp3) is 0.278. The molecule has 0 spiro atoms. The molecule has 0 unspecified atom stereocenters. The molecule has 2 aromatic rings. The number of carbonyl (C=O) groups is 2. The van der Waals surface area contributed by atoms with Crippen LogP contribution in [0.25, 0.3) is 0 Å². The summed E-state index contributed by atoms with van der Waals surface area (Å²) >= 11 is 6.00. The van der Waals surface area contributed by atoms with Crippen LogP contribution in [0.15, 0.2) is 24.3 Å². The number of rotatable bonds is 4. The average Bonchev–Trinajstić information content (AvgIpc) is 2.49. The van der Waals surface area contributed by atoms with Crippen LogP contribution in [0.5, 0.6) is 0 Å². The summed E-state index contributed by atoms with van der Waals surface area (Å²) in [5.41, 5.74) is 2.15. The molecule has 0 saturated carbocycles. The molecule has 2 rings (SSSR count). The van der Waals surface area contributed by atoms with Crippen LogP contribution >= 0.6 is 11.6 Å². The summed E-state index contributed by atoms with van der Waals surface area (Å²) in [5, 5.41) is 2.52. The van der Waals surface area contributed by atoms with Gasteiger partial charge >= 0.3 is 5.97 Å². The first-order valence-electron chi connectivity index (χ1n) is 7.60. The summed E-state index contributed by atoms with van der Waals surface area (Å²) in [6, 6.07) is 6.01. The lowest BCUT2D eigenvalue weighted by molar-refractivity contribution is -0.123. The van der Waals surface area contributed by atoms with Crippen molar-refractivity contribution in [1.29, 1.82) is 0 Å². The van der Waals surface area contributed by atoms with Gasteiger partial charge in [-0.3, -0.25) is 4.79 Å². The Morgan fingerprint density at radius 1 is 1.20 bits per heavy atom. The lowest BCUT2D eigenvalue weighted by Gasteiger charge is -2.15. The molecule has 1 aromatic carbocycles. The molecule has 132 valence electrons. The van der Waals surface area contributed by atoms with Gasteiger partial charge in [-0.25, -0.2) is 14.2 Å². The Morgan fingerprint density at radius 2 is 1.88 bits per heavy atom. The molecule has 0 bridgehead atoms. The van der Waals surface area contributed by atoms with Crippen molar-refractivity contribution in [3.8, 4) is 0 Å². The number of pyridine rings is 1. The van der Waals surface area contributed by atoms with E-state index in [0.29, 0.717) is 16.8 Å². The molecule has 5 nitrogen and oxygen atoms in total. The topological polar surface area (TPSA) is 68.3 Å². The van der Waals surface area contributed by atoms with Crippen molar-refractivity contribution in [3.63, 3.8) is 0 Å². The third-order valence-electron chi connectivity index (χ3n) is 3.60. The van der Waals surface area contributed by atoms with Gasteiger partial charge in [-0.05, 0) is 57.0 Å². The molecular formula is C18H18ClFN2O3. The Labute approximate surface area is 150 Å². The molecule has 0 radical (unpaired) electrons. The van der Waals surface area contributed by atoms with Crippen molar-refractivity contribution >= 4 is 29.2 Å². The second kappa shape index (κ2) is 7.61. The number of anilines is 1. The summed E-state index contributed by atoms with van der Waals surface area (Å²) in [6.07, 6.45) is -1.09. The maximum atomic E-state index is 13.5. The Kier molecular flexibility index (Phi) is 5.74. The van der Waals surface area contributed by atoms with Crippen molar-refractivity contribution in [2.75, 3.05) is 5.32 Å². The smallest absolute Gasteiger partial charge is 0.342 e. The molecule has 1 atom stereocenters. The number of hydrogen-bond donors (Lipinski definition) is 1. The van der Waals surface area contributed by atoms with Crippen LogP contribution < -0.4 is 5.32 Å². The van der Waals surface area contributed by atoms with Crippen molar-refractivity contribution in [3.05, 3.63) is 57.6 Å². The standard InChI is InChI=1S/C18H18ClFN2O3/c1-9-5-6-13(8-14(9)20)22-17(23)12(4)25-18(24)15-10(2)7-11(3)21-16(15)19/h5-8,12H,1-4H3,(H,22,23)/t12-/m1/s1. The van der Waals surface area contributed by atoms with E-state index in [1.165, 1.54) is 13.0 Å². The zero-order valence-electron chi connectivity index (χ0n) is 14.3. The third kappa shape index (κ3) is 4.54. The van der Waals surface area contributed by atoms with Gasteiger partial charge in [0.05, 0.1) is 5.56 Å². The first-order valence-corrected chi connectivity index (χ1v) is 7.98. The van der Waals surface area contributed by atoms with Gasteiger partial charge in [-0.2, -0.15) is 0 Å². The molecular weight excluding hydrogens is 347 g/mol. The Bertz CT molecular complexity index is 816. The molecule has 1 aromatic heterocycles. The van der Waals surface area contributed by atoms with Crippen LogP contribution in [0, 0.1) is 26.6 Å². The number of benzene rings is 1. The molecule has 1 amide bonds. The highest BCUT2D eigenvalue weighted by Crippen LogP contribution is 2.21. The van der Waals surface area contributed by atoms with Crippen molar-refractivity contribution in [1.82, 2.24) is 4.98 Å². The van der Waals surface area contributed by atoms with Gasteiger partial charge in [0.25, 0.3) is 5.91 Å². The second-order valence-corrected chi connectivity index (χ2v) is 6.11. The highest BCUT2D eigenvalue weighted by atomic mass is 35.5. The van der Waals surface area contributed by atoms with Gasteiger partial charge in [0.15, 0.2) is 6.10 Å². The average molecular weight is 365 g/mol. The Morgan fingerprint density at radius 3 is 2.48 bits per heavy atom. The van der Waals surface area contributed by atoms with Gasteiger partial charge in [0, 0.05) is 11.4 Å². The third-order valence-corrected chi connectivity index (χ3v) is 3.87. The number of carbonyl (C=O) groups excluding carboxylic acids is 2. The highest BCUT2D eigenvalue weighted by molar-refractivity contribution is 6.32. The fourth-order valence-electron chi connectivity index (χ4n) is 2.22. The molecule has 25 heavy (non-hydrogen) atoms. The van der Waals surface area contributed by atoms with Gasteiger partial charge in [-0.1, -0.05) is 17.7 Å². The zero-order chi connectivity index (χ0) is 18.7. The number of halogens is 2. The van der Waals surface area contributed by atoms with Crippen molar-refractivity contribution in [2.45, 2.75) is 33.8 Å². The highest BCUT2D eigenvalue weighted by Gasteiger charge is 2.23. The molecule has 0 saturated heterocycles. The van der Waals surface area contributed by atoms with Crippen LogP contribution in [0.3, 0.4) is 0 Å². The number of amides is 1. The summed E-state index contributed by atoms with van der Waals surface area (Å²) in [7, 11) is 0. The SMILES string of the molecule is Cc1cc(C)c(C(=O)O[C@H](C)C(=O)Nc2ccc(C)c(F)c2)c(Cl)n1. The van der Waals surface area contributed by atoms with Crippen LogP contribution in [0.4, 0.5) is 10.1 Å². The molecule has 1 heterocycles. The van der Waals surface area contributed by atoms with Gasteiger partial charge in [0.2, 0.25) is 0 Å². The van der Waals surface area contributed by atoms with Crippen LogP contribution in [0.2, 0.25) is 5.15 Å². The van der Waals surface area contributed by atoms with Crippen molar-refractivity contribution in [2.24, 2.45) is 0 Å². The van der Waals surface area contributed by atoms with E-state index in [-0.39, 0.29) is 16.4 Å². The predicted octanol–water partition coefficient (Wildman–Crippen LogP) is 3.98. The first-order chi connectivity index (χ1) is 11.7. The van der Waals surface area contributed by atoms with E-state index in [4.69, 9.17) is 16.3 Å². The number of nitrogens with zero attached hydrogens (tertiary/aromatic N) is 1. The minimum Gasteiger partial charge on any atom is -0.449 e. The van der Waals surface area contributed by atoms with E-state index in [9.17, 15) is 14.0 Å². The maximum absolute atomic E-state index is 13.5. The Balaban J connectivity index is 2.08. The predicted molar refractivity (Wildman–Crippen MR) is 93.4 cm³/mol. The van der Waals surface area contributed by atoms with E-state index < -0.39 is 23.8 Å². The summed E-state index contributed by atoms with van der Waals surface area (Å²) in [6.45, 7) is 6.50. The van der Waals surface area contributed by atoms with Crippen molar-refractivity contribution < 1.29 is 18.7 Å². The maximum Gasteiger partial charge on any atom is 0.342 e. The van der Waals surface area contributed by atoms with E-state index in [1.54, 1.807) is 39.0 Å². The number of aryl methyl sites for hydroxylation is 3. The fourth-order valence-corrected chi connectivity index (χ4v) is 2.58. The van der Waals surface area contributed by atoms with E-state index in [0.717, 1.165) is 0 Å². The zero-order valence-corrected chi connectivity index (χ0v) is 15.1. The van der Waals surface area contributed by atoms with Crippen LogP contribution in [0.1, 0.15) is 34.1 Å². The van der Waals surface area contributed by atoms with E-state index >= 15 is 0 Å². The minimum atomic E-state index is -1.09. The number of esters is 1. The summed E-state index contributed by atoms with van der Waals surface area (Å²) < 4.78 is 18.7. The van der Waals surface area contributed by atoms with Gasteiger partial charge in [-0.15, -0.1) is 0 Å². The number of nitrogens with one attached hydrogen (secondary N) is 1. The summed E-state index contributed by atoms with van der Waals surface area (Å²) in [5.74, 6) is -1.76. The van der Waals surface area contributed by atoms with Crippen LogP contribution in [-0.2, 0) is 9.53 Å². The largest absolute Gasteiger partial charge is 0.449 e. The lowest BCUT2D eigenvalue weighted by Crippen LogP contribution is -2.30. The first kappa shape index (κ1) is 18.9. The van der Waals surface area contributed by atoms with Gasteiger partial charge in [0.1, 0.15) is 11.0 Å². The second-order valence-electron chi connectivity index (χ2n) is 5.75. The molecule has 0 fully saturated rings. The quantitative estimate of drug-likeness (QED) is 0.658. The number of hydrogen-bond acceptors (Lipinski definition) is 4.